The third-order valence-corrected chi connectivity index (χ3v) is 8.23. The van der Waals surface area contributed by atoms with Crippen LogP contribution in [-0.2, 0) is 0 Å². The maximum atomic E-state index is 13.9. The molecule has 0 saturated heterocycles. The van der Waals surface area contributed by atoms with E-state index in [1.165, 1.54) is 0 Å². The number of carbonyl (C=O) groups excluding carboxylic acids is 1. The van der Waals surface area contributed by atoms with Gasteiger partial charge in [0.15, 0.2) is 5.78 Å². The van der Waals surface area contributed by atoms with Gasteiger partial charge < -0.3 is 9.55 Å². The summed E-state index contributed by atoms with van der Waals surface area (Å²) in [4.78, 5) is 16.2. The average Bonchev–Trinajstić information content (AvgIpc) is 3.09. The summed E-state index contributed by atoms with van der Waals surface area (Å²) in [6.45, 7) is -0.209. The number of anilines is 2. The SMILES string of the molecule is COc1ccc(N(B(c2ccccc2)c2ccccc2)c2ccc3cc(-c4ccc(C#N)cc4)cc4c3c2C(=O)C=C4)cc1. The fraction of sp³-hybridized carbons (Fsp3) is 0.0256. The molecule has 0 unspecified atom stereocenters. The van der Waals surface area contributed by atoms with Gasteiger partial charge in [0.2, 0.25) is 0 Å². The molecule has 0 atom stereocenters. The van der Waals surface area contributed by atoms with Crippen LogP contribution in [0.5, 0.6) is 5.75 Å². The van der Waals surface area contributed by atoms with Gasteiger partial charge in [-0.2, -0.15) is 5.26 Å². The predicted molar refractivity (Wildman–Crippen MR) is 181 cm³/mol. The maximum absolute atomic E-state index is 13.9. The van der Waals surface area contributed by atoms with Crippen molar-refractivity contribution in [3.8, 4) is 22.9 Å². The van der Waals surface area contributed by atoms with Crippen LogP contribution in [-0.4, -0.2) is 19.7 Å². The van der Waals surface area contributed by atoms with E-state index in [4.69, 9.17) is 4.74 Å². The first kappa shape index (κ1) is 27.0. The minimum Gasteiger partial charge on any atom is -0.497 e. The first-order valence-electron chi connectivity index (χ1n) is 14.5. The minimum absolute atomic E-state index is 0.0254. The van der Waals surface area contributed by atoms with Crippen molar-refractivity contribution in [2.75, 3.05) is 11.9 Å². The summed E-state index contributed by atoms with van der Waals surface area (Å²) < 4.78 is 5.49. The van der Waals surface area contributed by atoms with E-state index < -0.39 is 0 Å². The Kier molecular flexibility index (Phi) is 7.02. The van der Waals surface area contributed by atoms with Crippen molar-refractivity contribution < 1.29 is 9.53 Å². The number of carbonyl (C=O) groups is 1. The van der Waals surface area contributed by atoms with Gasteiger partial charge in [0.1, 0.15) is 5.75 Å². The molecule has 4 nitrogen and oxygen atoms in total. The molecule has 6 aromatic carbocycles. The predicted octanol–water partition coefficient (Wildman–Crippen LogP) is 7.54. The Labute approximate surface area is 257 Å². The maximum Gasteiger partial charge on any atom is 0.328 e. The Morgan fingerprint density at radius 2 is 1.36 bits per heavy atom. The van der Waals surface area contributed by atoms with Crippen LogP contribution in [0.1, 0.15) is 21.5 Å². The van der Waals surface area contributed by atoms with E-state index in [1.807, 2.05) is 66.7 Å². The highest BCUT2D eigenvalue weighted by Crippen LogP contribution is 2.41. The monoisotopic (exact) mass is 566 g/mol. The smallest absolute Gasteiger partial charge is 0.328 e. The summed E-state index contributed by atoms with van der Waals surface area (Å²) in [6, 6.07) is 47.1. The topological polar surface area (TPSA) is 53.3 Å². The van der Waals surface area contributed by atoms with Gasteiger partial charge in [-0.15, -0.1) is 0 Å². The van der Waals surface area contributed by atoms with E-state index in [0.29, 0.717) is 11.1 Å². The lowest BCUT2D eigenvalue weighted by atomic mass is 9.48. The van der Waals surface area contributed by atoms with Gasteiger partial charge in [-0.05, 0) is 82.7 Å². The number of methoxy groups -OCH3 is 1. The summed E-state index contributed by atoms with van der Waals surface area (Å²) in [6.07, 6.45) is 3.59. The van der Waals surface area contributed by atoms with Gasteiger partial charge in [0.25, 0.3) is 0 Å². The molecule has 44 heavy (non-hydrogen) atoms. The van der Waals surface area contributed by atoms with Crippen LogP contribution in [0.4, 0.5) is 11.4 Å². The molecular formula is C39H27BN2O2. The lowest BCUT2D eigenvalue weighted by Crippen LogP contribution is -2.55. The Hall–Kier alpha value is -5.86. The van der Waals surface area contributed by atoms with Gasteiger partial charge in [-0.1, -0.05) is 95.9 Å². The molecule has 1 aliphatic carbocycles. The summed E-state index contributed by atoms with van der Waals surface area (Å²) >= 11 is 0. The van der Waals surface area contributed by atoms with Crippen LogP contribution in [0.15, 0.2) is 140 Å². The molecule has 0 fully saturated rings. The summed E-state index contributed by atoms with van der Waals surface area (Å²) in [5, 5.41) is 11.2. The van der Waals surface area contributed by atoms with Crippen molar-refractivity contribution in [1.82, 2.24) is 0 Å². The van der Waals surface area contributed by atoms with Crippen molar-refractivity contribution >= 4 is 51.8 Å². The third-order valence-electron chi connectivity index (χ3n) is 8.23. The summed E-state index contributed by atoms with van der Waals surface area (Å²) in [7, 11) is 1.66. The molecule has 0 N–H and O–H groups in total. The zero-order valence-corrected chi connectivity index (χ0v) is 24.1. The van der Waals surface area contributed by atoms with Gasteiger partial charge >= 0.3 is 6.85 Å². The van der Waals surface area contributed by atoms with E-state index >= 15 is 0 Å². The molecule has 0 amide bonds. The zero-order chi connectivity index (χ0) is 30.0. The Morgan fingerprint density at radius 3 is 1.98 bits per heavy atom. The van der Waals surface area contributed by atoms with Gasteiger partial charge in [-0.25, -0.2) is 0 Å². The van der Waals surface area contributed by atoms with Crippen molar-refractivity contribution in [2.45, 2.75) is 0 Å². The molecule has 7 rings (SSSR count). The van der Waals surface area contributed by atoms with Crippen molar-refractivity contribution in [1.29, 1.82) is 5.26 Å². The van der Waals surface area contributed by atoms with Crippen molar-refractivity contribution in [3.63, 3.8) is 0 Å². The Morgan fingerprint density at radius 1 is 0.705 bits per heavy atom. The number of ketones is 1. The molecule has 5 heteroatoms. The lowest BCUT2D eigenvalue weighted by Gasteiger charge is -2.35. The third kappa shape index (κ3) is 4.83. The fourth-order valence-corrected chi connectivity index (χ4v) is 6.15. The molecule has 0 spiro atoms. The van der Waals surface area contributed by atoms with Crippen molar-refractivity contribution in [3.05, 3.63) is 156 Å². The van der Waals surface area contributed by atoms with Crippen LogP contribution in [0, 0.1) is 11.3 Å². The number of benzene rings is 6. The zero-order valence-electron chi connectivity index (χ0n) is 24.1. The average molecular weight is 566 g/mol. The second-order valence-electron chi connectivity index (χ2n) is 10.8. The van der Waals surface area contributed by atoms with E-state index in [0.717, 1.165) is 55.5 Å². The standard InChI is InChI=1S/C39H27BN2O2/c1-44-35-20-18-34(19-21-35)42(40(32-8-4-2-5-9-32)33-10-6-3-7-11-33)36-22-16-29-24-31(28-14-12-27(26-41)13-15-28)25-30-17-23-37(43)39(36)38(29)30/h2-25H,1H3. The van der Waals surface area contributed by atoms with E-state index in [-0.39, 0.29) is 12.6 Å². The molecule has 1 aliphatic rings. The molecule has 0 aromatic heterocycles. The second kappa shape index (κ2) is 11.4. The quantitative estimate of drug-likeness (QED) is 0.187. The Balaban J connectivity index is 1.48. The number of ether oxygens (including phenoxy) is 1. The lowest BCUT2D eigenvalue weighted by molar-refractivity contribution is 0.104. The molecule has 6 aromatic rings. The summed E-state index contributed by atoms with van der Waals surface area (Å²) in [5.41, 5.74) is 8.34. The highest BCUT2D eigenvalue weighted by Gasteiger charge is 2.33. The highest BCUT2D eigenvalue weighted by molar-refractivity contribution is 6.89. The van der Waals surface area contributed by atoms with E-state index in [2.05, 4.69) is 83.7 Å². The largest absolute Gasteiger partial charge is 0.497 e. The first-order valence-corrected chi connectivity index (χ1v) is 14.5. The summed E-state index contributed by atoms with van der Waals surface area (Å²) in [5.74, 6) is 0.740. The van der Waals surface area contributed by atoms with Crippen LogP contribution < -0.4 is 20.5 Å². The van der Waals surface area contributed by atoms with Crippen LogP contribution >= 0.6 is 0 Å². The minimum atomic E-state index is -0.209. The Bertz CT molecular complexity index is 2030. The number of hydrogen-bond donors (Lipinski definition) is 0. The fourth-order valence-electron chi connectivity index (χ4n) is 6.15. The van der Waals surface area contributed by atoms with Gasteiger partial charge in [-0.3, -0.25) is 4.79 Å². The first-order chi connectivity index (χ1) is 21.6. The number of rotatable bonds is 7. The number of nitrogens with zero attached hydrogens (tertiary/aromatic N) is 2. The number of hydrogen-bond acceptors (Lipinski definition) is 4. The van der Waals surface area contributed by atoms with Crippen LogP contribution in [0.25, 0.3) is 28.0 Å². The molecular weight excluding hydrogens is 539 g/mol. The number of nitriles is 1. The van der Waals surface area contributed by atoms with Crippen LogP contribution in [0.3, 0.4) is 0 Å². The van der Waals surface area contributed by atoms with Crippen molar-refractivity contribution in [2.24, 2.45) is 0 Å². The molecule has 0 aliphatic heterocycles. The van der Waals surface area contributed by atoms with E-state index in [1.54, 1.807) is 13.2 Å². The van der Waals surface area contributed by atoms with Crippen LogP contribution in [0.2, 0.25) is 0 Å². The van der Waals surface area contributed by atoms with Gasteiger partial charge in [0, 0.05) is 16.8 Å². The molecule has 0 heterocycles. The normalized spacial score (nSPS) is 11.7. The molecule has 0 bridgehead atoms. The molecule has 0 saturated carbocycles. The van der Waals surface area contributed by atoms with Gasteiger partial charge in [0.05, 0.1) is 24.3 Å². The second-order valence-corrected chi connectivity index (χ2v) is 10.8. The molecule has 0 radical (unpaired) electrons. The van der Waals surface area contributed by atoms with E-state index in [9.17, 15) is 10.1 Å². The highest BCUT2D eigenvalue weighted by atomic mass is 16.5. The number of allylic oxidation sites excluding steroid dienone is 1. The molecule has 208 valence electrons.